The van der Waals surface area contributed by atoms with Gasteiger partial charge in [-0.1, -0.05) is 24.3 Å². The van der Waals surface area contributed by atoms with Crippen molar-refractivity contribution in [2.75, 3.05) is 25.5 Å². The fraction of sp³-hybridized carbons (Fsp3) is 0.290. The number of nitrogens with one attached hydrogen (secondary N) is 1. The van der Waals surface area contributed by atoms with Crippen LogP contribution in [-0.4, -0.2) is 44.6 Å². The van der Waals surface area contributed by atoms with Crippen LogP contribution in [0.25, 0.3) is 32.7 Å². The minimum Gasteiger partial charge on any atom is -0.324 e. The van der Waals surface area contributed by atoms with Crippen LogP contribution in [0.4, 0.5) is 11.6 Å². The molecule has 0 amide bonds. The Morgan fingerprint density at radius 3 is 2.38 bits per heavy atom. The van der Waals surface area contributed by atoms with Gasteiger partial charge in [0.1, 0.15) is 10.7 Å². The molecule has 4 heterocycles. The smallest absolute Gasteiger partial charge is 0.259 e. The Labute approximate surface area is 232 Å². The van der Waals surface area contributed by atoms with Crippen molar-refractivity contribution in [3.05, 3.63) is 87.3 Å². The van der Waals surface area contributed by atoms with Crippen LogP contribution in [0.15, 0.2) is 65.7 Å². The number of likely N-dealkylation sites (tertiary alicyclic amines) is 1. The zero-order valence-corrected chi connectivity index (χ0v) is 23.5. The molecule has 1 N–H and O–H groups in total. The Morgan fingerprint density at radius 1 is 0.923 bits per heavy atom. The van der Waals surface area contributed by atoms with Crippen molar-refractivity contribution in [3.63, 3.8) is 0 Å². The van der Waals surface area contributed by atoms with Crippen LogP contribution in [-0.2, 0) is 7.05 Å². The van der Waals surface area contributed by atoms with Crippen LogP contribution in [0.1, 0.15) is 34.8 Å². The van der Waals surface area contributed by atoms with E-state index in [1.165, 1.54) is 23.3 Å². The number of pyridine rings is 1. The van der Waals surface area contributed by atoms with Gasteiger partial charge in [0, 0.05) is 46.5 Å². The maximum absolute atomic E-state index is 13.4. The van der Waals surface area contributed by atoms with Gasteiger partial charge < -0.3 is 10.2 Å². The van der Waals surface area contributed by atoms with Crippen LogP contribution in [0.5, 0.6) is 0 Å². The van der Waals surface area contributed by atoms with E-state index in [9.17, 15) is 4.79 Å². The maximum Gasteiger partial charge on any atom is 0.259 e. The molecule has 7 nitrogen and oxygen atoms in total. The van der Waals surface area contributed by atoms with E-state index < -0.39 is 0 Å². The van der Waals surface area contributed by atoms with E-state index in [1.807, 2.05) is 31.3 Å². The lowest BCUT2D eigenvalue weighted by Gasteiger charge is -2.29. The van der Waals surface area contributed by atoms with Gasteiger partial charge in [0.2, 0.25) is 5.95 Å². The van der Waals surface area contributed by atoms with E-state index in [4.69, 9.17) is 4.98 Å². The quantitative estimate of drug-likeness (QED) is 0.285. The first-order valence-corrected chi connectivity index (χ1v) is 14.1. The molecule has 5 aromatic rings. The minimum absolute atomic E-state index is 0.0874. The molecule has 0 bridgehead atoms. The summed E-state index contributed by atoms with van der Waals surface area (Å²) in [6.45, 7) is 6.38. The molecule has 39 heavy (non-hydrogen) atoms. The van der Waals surface area contributed by atoms with Gasteiger partial charge in [0.15, 0.2) is 0 Å². The lowest BCUT2D eigenvalue weighted by atomic mass is 9.89. The highest BCUT2D eigenvalue weighted by atomic mass is 32.1. The Morgan fingerprint density at radius 2 is 1.69 bits per heavy atom. The molecular weight excluding hydrogens is 504 g/mol. The predicted octanol–water partition coefficient (Wildman–Crippen LogP) is 6.29. The van der Waals surface area contributed by atoms with Gasteiger partial charge in [0.25, 0.3) is 5.56 Å². The maximum atomic E-state index is 13.4. The van der Waals surface area contributed by atoms with Crippen LogP contribution < -0.4 is 10.9 Å². The number of aromatic nitrogens is 4. The molecule has 0 spiro atoms. The summed E-state index contributed by atoms with van der Waals surface area (Å²) in [5.74, 6) is 1.09. The van der Waals surface area contributed by atoms with Gasteiger partial charge in [-0.2, -0.15) is 4.98 Å². The van der Waals surface area contributed by atoms with Gasteiger partial charge in [-0.05, 0) is 93.7 Å². The molecule has 1 aliphatic heterocycles. The van der Waals surface area contributed by atoms with Crippen molar-refractivity contribution in [1.82, 2.24) is 24.4 Å². The summed E-state index contributed by atoms with van der Waals surface area (Å²) in [5, 5.41) is 5.11. The molecule has 3 aromatic heterocycles. The number of thiazole rings is 1. The van der Waals surface area contributed by atoms with E-state index >= 15 is 0 Å². The second-order valence-corrected chi connectivity index (χ2v) is 11.8. The number of rotatable bonds is 5. The Hall–Kier alpha value is -3.88. The van der Waals surface area contributed by atoms with Crippen LogP contribution in [0, 0.1) is 13.8 Å². The Balaban J connectivity index is 1.26. The average molecular weight is 537 g/mol. The molecule has 0 radical (unpaired) electrons. The molecule has 6 rings (SSSR count). The first-order chi connectivity index (χ1) is 18.9. The molecule has 198 valence electrons. The lowest BCUT2D eigenvalue weighted by Crippen LogP contribution is -2.29. The third kappa shape index (κ3) is 5.10. The predicted molar refractivity (Wildman–Crippen MR) is 160 cm³/mol. The van der Waals surface area contributed by atoms with E-state index in [2.05, 4.69) is 64.5 Å². The van der Waals surface area contributed by atoms with Crippen molar-refractivity contribution in [3.8, 4) is 21.7 Å². The summed E-state index contributed by atoms with van der Waals surface area (Å²) in [6, 6.07) is 16.6. The largest absolute Gasteiger partial charge is 0.324 e. The molecule has 8 heteroatoms. The topological polar surface area (TPSA) is 75.9 Å². The van der Waals surface area contributed by atoms with E-state index in [0.29, 0.717) is 23.1 Å². The summed E-state index contributed by atoms with van der Waals surface area (Å²) in [4.78, 5) is 30.8. The van der Waals surface area contributed by atoms with Crippen molar-refractivity contribution in [2.24, 2.45) is 7.05 Å². The number of hydrogen-bond donors (Lipinski definition) is 1. The SMILES string of the molecule is Cc1cnc(-c2ccc(-c3cc4cnc(Nc5ccc(C6CCN(C)CC6)cc5)nc4n(C)c3=O)c(C)c2)s1. The second-order valence-electron chi connectivity index (χ2n) is 10.5. The summed E-state index contributed by atoms with van der Waals surface area (Å²) in [5.41, 5.74) is 6.45. The van der Waals surface area contributed by atoms with Crippen LogP contribution in [0.3, 0.4) is 0 Å². The summed E-state index contributed by atoms with van der Waals surface area (Å²) in [7, 11) is 3.95. The highest BCUT2D eigenvalue weighted by molar-refractivity contribution is 7.14. The van der Waals surface area contributed by atoms with Gasteiger partial charge >= 0.3 is 0 Å². The first kappa shape index (κ1) is 25.4. The lowest BCUT2D eigenvalue weighted by molar-refractivity contribution is 0.255. The number of piperidine rings is 1. The standard InChI is InChI=1S/C31H32N6OS/c1-19-15-23(29-32-17-20(2)39-29)7-10-26(19)27-16-24-18-33-31(35-28(24)37(4)30(27)38)34-25-8-5-21(6-9-25)22-11-13-36(3)14-12-22/h5-10,15-18,22H,11-14H2,1-4H3,(H,33,34,35). The van der Waals surface area contributed by atoms with Crippen molar-refractivity contribution < 1.29 is 0 Å². The third-order valence-corrected chi connectivity index (χ3v) is 8.65. The normalized spacial score (nSPS) is 14.7. The second kappa shape index (κ2) is 10.4. The molecule has 0 atom stereocenters. The summed E-state index contributed by atoms with van der Waals surface area (Å²) < 4.78 is 1.61. The fourth-order valence-corrected chi connectivity index (χ4v) is 6.16. The number of hydrogen-bond acceptors (Lipinski definition) is 7. The summed E-state index contributed by atoms with van der Waals surface area (Å²) >= 11 is 1.67. The van der Waals surface area contributed by atoms with Crippen LogP contribution >= 0.6 is 11.3 Å². The van der Waals surface area contributed by atoms with E-state index in [-0.39, 0.29) is 5.56 Å². The van der Waals surface area contributed by atoms with E-state index in [0.717, 1.165) is 45.9 Å². The molecule has 1 aliphatic rings. The molecular formula is C31H32N6OS. The number of nitrogens with zero attached hydrogens (tertiary/aromatic N) is 5. The fourth-order valence-electron chi connectivity index (χ4n) is 5.40. The first-order valence-electron chi connectivity index (χ1n) is 13.3. The highest BCUT2D eigenvalue weighted by Gasteiger charge is 2.18. The summed E-state index contributed by atoms with van der Waals surface area (Å²) in [6.07, 6.45) is 6.06. The van der Waals surface area contributed by atoms with Crippen molar-refractivity contribution in [1.29, 1.82) is 0 Å². The molecule has 0 saturated carbocycles. The molecule has 0 aliphatic carbocycles. The number of anilines is 2. The number of fused-ring (bicyclic) bond motifs is 1. The van der Waals surface area contributed by atoms with Crippen molar-refractivity contribution >= 4 is 34.0 Å². The van der Waals surface area contributed by atoms with Gasteiger partial charge in [-0.15, -0.1) is 11.3 Å². The molecule has 1 saturated heterocycles. The molecule has 0 unspecified atom stereocenters. The number of aryl methyl sites for hydroxylation is 3. The third-order valence-electron chi connectivity index (χ3n) is 7.69. The zero-order valence-electron chi connectivity index (χ0n) is 22.7. The zero-order chi connectivity index (χ0) is 27.1. The molecule has 1 fully saturated rings. The highest BCUT2D eigenvalue weighted by Crippen LogP contribution is 2.31. The van der Waals surface area contributed by atoms with Crippen LogP contribution in [0.2, 0.25) is 0 Å². The number of benzene rings is 2. The Bertz CT molecular complexity index is 1710. The Kier molecular flexibility index (Phi) is 6.74. The average Bonchev–Trinajstić information content (AvgIpc) is 3.38. The van der Waals surface area contributed by atoms with Crippen molar-refractivity contribution in [2.45, 2.75) is 32.6 Å². The van der Waals surface area contributed by atoms with Gasteiger partial charge in [-0.25, -0.2) is 9.97 Å². The van der Waals surface area contributed by atoms with Gasteiger partial charge in [0.05, 0.1) is 0 Å². The van der Waals surface area contributed by atoms with Gasteiger partial charge in [-0.3, -0.25) is 9.36 Å². The monoisotopic (exact) mass is 536 g/mol. The minimum atomic E-state index is -0.0874. The van der Waals surface area contributed by atoms with E-state index in [1.54, 1.807) is 29.1 Å². The molecule has 2 aromatic carbocycles.